The Morgan fingerprint density at radius 1 is 0.263 bits per heavy atom. The molecule has 0 aromatic carbocycles. The minimum Gasteiger partial charge on any atom is -0.462 e. The summed E-state index contributed by atoms with van der Waals surface area (Å²) in [7, 11) is 0. The Kier molecular flexibility index (Phi) is 63.6. The number of carbonyl (C=O) groups is 3. The number of carbonyl (C=O) groups excluding carboxylic acids is 3. The van der Waals surface area contributed by atoms with Crippen LogP contribution in [0.3, 0.4) is 0 Å². The van der Waals surface area contributed by atoms with Gasteiger partial charge in [0.2, 0.25) is 0 Å². The molecular formula is C70H132O6. The van der Waals surface area contributed by atoms with Crippen molar-refractivity contribution < 1.29 is 28.6 Å². The van der Waals surface area contributed by atoms with Crippen LogP contribution in [-0.4, -0.2) is 37.2 Å². The minimum absolute atomic E-state index is 0.0665. The van der Waals surface area contributed by atoms with Crippen molar-refractivity contribution >= 4 is 17.9 Å². The third-order valence-corrected chi connectivity index (χ3v) is 15.7. The van der Waals surface area contributed by atoms with Gasteiger partial charge in [-0.3, -0.25) is 14.4 Å². The van der Waals surface area contributed by atoms with Gasteiger partial charge in [0.1, 0.15) is 13.2 Å². The number of hydrogen-bond acceptors (Lipinski definition) is 6. The maximum Gasteiger partial charge on any atom is 0.306 e. The van der Waals surface area contributed by atoms with Crippen LogP contribution in [0.15, 0.2) is 24.3 Å². The van der Waals surface area contributed by atoms with Gasteiger partial charge < -0.3 is 14.2 Å². The van der Waals surface area contributed by atoms with Gasteiger partial charge in [-0.1, -0.05) is 340 Å². The lowest BCUT2D eigenvalue weighted by atomic mass is 10.0. The van der Waals surface area contributed by atoms with E-state index in [0.29, 0.717) is 19.3 Å². The van der Waals surface area contributed by atoms with E-state index >= 15 is 0 Å². The lowest BCUT2D eigenvalue weighted by molar-refractivity contribution is -0.167. The Balaban J connectivity index is 4.23. The highest BCUT2D eigenvalue weighted by Gasteiger charge is 2.19. The third kappa shape index (κ3) is 62.7. The van der Waals surface area contributed by atoms with Crippen LogP contribution in [-0.2, 0) is 28.6 Å². The van der Waals surface area contributed by atoms with E-state index in [-0.39, 0.29) is 31.1 Å². The van der Waals surface area contributed by atoms with Gasteiger partial charge in [-0.15, -0.1) is 0 Å². The lowest BCUT2D eigenvalue weighted by Crippen LogP contribution is -2.30. The first-order chi connectivity index (χ1) is 37.5. The summed E-state index contributed by atoms with van der Waals surface area (Å²) in [6, 6.07) is 0. The maximum atomic E-state index is 12.9. The summed E-state index contributed by atoms with van der Waals surface area (Å²) in [5.74, 6) is -0.839. The number of unbranched alkanes of at least 4 members (excludes halogenated alkanes) is 49. The van der Waals surface area contributed by atoms with Crippen molar-refractivity contribution in [3.63, 3.8) is 0 Å². The molecule has 1 atom stereocenters. The Bertz CT molecular complexity index is 1230. The lowest BCUT2D eigenvalue weighted by Gasteiger charge is -2.18. The standard InChI is InChI=1S/C70H132O6/c1-4-7-10-13-16-19-22-25-28-30-32-33-34-35-36-37-39-40-42-45-48-51-54-57-60-63-69(72)75-66-67(65-74-68(71)62-59-56-53-50-47-44-27-24-21-18-15-12-9-6-3)76-70(73)64-61-58-55-52-49-46-43-41-38-31-29-26-23-20-17-14-11-8-5-2/h17,20,26,29,67H,4-16,18-19,21-25,27-28,30-66H2,1-3H3/b20-17-,29-26-. The average Bonchev–Trinajstić information content (AvgIpc) is 3.42. The molecule has 0 aliphatic rings. The third-order valence-electron chi connectivity index (χ3n) is 15.7. The first kappa shape index (κ1) is 73.9. The van der Waals surface area contributed by atoms with Crippen molar-refractivity contribution in [3.05, 3.63) is 24.3 Å². The average molecular weight is 1070 g/mol. The van der Waals surface area contributed by atoms with Crippen LogP contribution in [0.2, 0.25) is 0 Å². The number of hydrogen-bond donors (Lipinski definition) is 0. The number of esters is 3. The Labute approximate surface area is 474 Å². The molecule has 6 nitrogen and oxygen atoms in total. The summed E-state index contributed by atoms with van der Waals surface area (Å²) >= 11 is 0. The molecule has 0 aliphatic carbocycles. The topological polar surface area (TPSA) is 78.9 Å². The van der Waals surface area contributed by atoms with Gasteiger partial charge in [-0.25, -0.2) is 0 Å². The van der Waals surface area contributed by atoms with E-state index in [4.69, 9.17) is 14.2 Å². The highest BCUT2D eigenvalue weighted by Crippen LogP contribution is 2.19. The molecule has 0 saturated heterocycles. The van der Waals surface area contributed by atoms with Crippen molar-refractivity contribution in [3.8, 4) is 0 Å². The molecule has 0 radical (unpaired) electrons. The Morgan fingerprint density at radius 3 is 0.750 bits per heavy atom. The van der Waals surface area contributed by atoms with Gasteiger partial charge >= 0.3 is 17.9 Å². The van der Waals surface area contributed by atoms with Gasteiger partial charge in [-0.2, -0.15) is 0 Å². The molecule has 0 bridgehead atoms. The summed E-state index contributed by atoms with van der Waals surface area (Å²) in [5.41, 5.74) is 0. The number of allylic oxidation sites excluding steroid dienone is 4. The summed E-state index contributed by atoms with van der Waals surface area (Å²) in [5, 5.41) is 0. The fourth-order valence-electron chi connectivity index (χ4n) is 10.5. The van der Waals surface area contributed by atoms with E-state index in [1.54, 1.807) is 0 Å². The fourth-order valence-corrected chi connectivity index (χ4v) is 10.5. The van der Waals surface area contributed by atoms with Gasteiger partial charge in [0.05, 0.1) is 0 Å². The van der Waals surface area contributed by atoms with Gasteiger partial charge in [-0.05, 0) is 51.4 Å². The predicted molar refractivity (Wildman–Crippen MR) is 330 cm³/mol. The Hall–Kier alpha value is -2.11. The highest BCUT2D eigenvalue weighted by molar-refractivity contribution is 5.71. The van der Waals surface area contributed by atoms with E-state index in [0.717, 1.165) is 64.2 Å². The summed E-state index contributed by atoms with van der Waals surface area (Å²) in [6.45, 7) is 6.69. The zero-order valence-corrected chi connectivity index (χ0v) is 51.6. The molecule has 1 unspecified atom stereocenters. The number of ether oxygens (including phenoxy) is 3. The van der Waals surface area contributed by atoms with E-state index in [9.17, 15) is 14.4 Å². The first-order valence-electron chi connectivity index (χ1n) is 34.3. The normalized spacial score (nSPS) is 12.1. The molecule has 0 spiro atoms. The van der Waals surface area contributed by atoms with Crippen LogP contribution in [0.25, 0.3) is 0 Å². The van der Waals surface area contributed by atoms with Crippen LogP contribution >= 0.6 is 0 Å². The smallest absolute Gasteiger partial charge is 0.306 e. The maximum absolute atomic E-state index is 12.9. The van der Waals surface area contributed by atoms with E-state index in [1.807, 2.05) is 0 Å². The van der Waals surface area contributed by atoms with Crippen LogP contribution in [0.4, 0.5) is 0 Å². The second-order valence-corrected chi connectivity index (χ2v) is 23.5. The molecule has 0 heterocycles. The van der Waals surface area contributed by atoms with E-state index in [1.165, 1.54) is 283 Å². The first-order valence-corrected chi connectivity index (χ1v) is 34.3. The molecule has 448 valence electrons. The minimum atomic E-state index is -0.770. The highest BCUT2D eigenvalue weighted by atomic mass is 16.6. The monoisotopic (exact) mass is 1070 g/mol. The summed E-state index contributed by atoms with van der Waals surface area (Å²) in [4.78, 5) is 38.4. The zero-order valence-electron chi connectivity index (χ0n) is 51.6. The van der Waals surface area contributed by atoms with Crippen molar-refractivity contribution in [2.45, 2.75) is 393 Å². The molecule has 0 aliphatic heterocycles. The van der Waals surface area contributed by atoms with E-state index in [2.05, 4.69) is 45.1 Å². The largest absolute Gasteiger partial charge is 0.462 e. The molecule has 76 heavy (non-hydrogen) atoms. The van der Waals surface area contributed by atoms with Crippen molar-refractivity contribution in [2.75, 3.05) is 13.2 Å². The van der Waals surface area contributed by atoms with Gasteiger partial charge in [0, 0.05) is 19.3 Å². The fraction of sp³-hybridized carbons (Fsp3) is 0.900. The zero-order chi connectivity index (χ0) is 55.0. The molecule has 0 N–H and O–H groups in total. The second-order valence-electron chi connectivity index (χ2n) is 23.5. The Morgan fingerprint density at radius 2 is 0.474 bits per heavy atom. The summed E-state index contributed by atoms with van der Waals surface area (Å²) in [6.07, 6.45) is 79.1. The summed E-state index contributed by atoms with van der Waals surface area (Å²) < 4.78 is 17.0. The number of rotatable bonds is 64. The van der Waals surface area contributed by atoms with E-state index < -0.39 is 6.10 Å². The molecule has 0 amide bonds. The molecule has 0 aromatic heterocycles. The van der Waals surface area contributed by atoms with Gasteiger partial charge in [0.25, 0.3) is 0 Å². The molecule has 0 rings (SSSR count). The molecule has 0 saturated carbocycles. The molecule has 0 aromatic rings. The van der Waals surface area contributed by atoms with Crippen molar-refractivity contribution in [2.24, 2.45) is 0 Å². The van der Waals surface area contributed by atoms with Crippen LogP contribution < -0.4 is 0 Å². The predicted octanol–water partition coefficient (Wildman–Crippen LogP) is 23.4. The van der Waals surface area contributed by atoms with Crippen molar-refractivity contribution in [1.82, 2.24) is 0 Å². The van der Waals surface area contributed by atoms with Crippen LogP contribution in [0.1, 0.15) is 387 Å². The van der Waals surface area contributed by atoms with Crippen LogP contribution in [0, 0.1) is 0 Å². The second kappa shape index (κ2) is 65.4. The molecular weight excluding hydrogens is 937 g/mol. The molecule has 6 heteroatoms. The van der Waals surface area contributed by atoms with Crippen LogP contribution in [0.5, 0.6) is 0 Å². The quantitative estimate of drug-likeness (QED) is 0.0261. The molecule has 0 fully saturated rings. The SMILES string of the molecule is CCCCC/C=C\C/C=C\CCCCCCCCCCCC(=O)OC(COC(=O)CCCCCCCCCCCCCCCC)COC(=O)CCCCCCCCCCCCCCCCCCCCCCCCCCC. The van der Waals surface area contributed by atoms with Crippen molar-refractivity contribution in [1.29, 1.82) is 0 Å². The van der Waals surface area contributed by atoms with Gasteiger partial charge in [0.15, 0.2) is 6.10 Å².